The quantitative estimate of drug-likeness (QED) is 0.774. The van der Waals surface area contributed by atoms with Gasteiger partial charge in [-0.15, -0.1) is 0 Å². The first kappa shape index (κ1) is 14.5. The number of benzene rings is 1. The number of nitriles is 1. The van der Waals surface area contributed by atoms with E-state index in [0.29, 0.717) is 5.92 Å². The van der Waals surface area contributed by atoms with E-state index >= 15 is 0 Å². The van der Waals surface area contributed by atoms with Gasteiger partial charge in [-0.1, -0.05) is 50.6 Å². The lowest BCUT2D eigenvalue weighted by Gasteiger charge is -2.13. The van der Waals surface area contributed by atoms with Crippen molar-refractivity contribution in [2.24, 2.45) is 5.92 Å². The second-order valence-corrected chi connectivity index (χ2v) is 4.75. The van der Waals surface area contributed by atoms with Gasteiger partial charge in [0.2, 0.25) is 0 Å². The summed E-state index contributed by atoms with van der Waals surface area (Å²) in [6.45, 7) is 8.47. The standard InChI is InChI=1S/C16H22N2/c1-4-9-18-12-16(13(2)3)10-14-7-5-6-8-15(14)11-17/h5-8,10,13,18H,4,9,12H2,1-3H3/b16-10-. The fourth-order valence-electron chi connectivity index (χ4n) is 1.76. The van der Waals surface area contributed by atoms with Gasteiger partial charge >= 0.3 is 0 Å². The van der Waals surface area contributed by atoms with Crippen LogP contribution in [-0.4, -0.2) is 13.1 Å². The van der Waals surface area contributed by atoms with E-state index in [1.54, 1.807) is 0 Å². The Kier molecular flexibility index (Phi) is 6.18. The van der Waals surface area contributed by atoms with Gasteiger partial charge in [0.25, 0.3) is 0 Å². The van der Waals surface area contributed by atoms with E-state index in [2.05, 4.69) is 38.2 Å². The van der Waals surface area contributed by atoms with Crippen LogP contribution in [-0.2, 0) is 0 Å². The van der Waals surface area contributed by atoms with Crippen molar-refractivity contribution in [3.63, 3.8) is 0 Å². The summed E-state index contributed by atoms with van der Waals surface area (Å²) in [4.78, 5) is 0. The third-order valence-corrected chi connectivity index (χ3v) is 2.92. The van der Waals surface area contributed by atoms with Crippen molar-refractivity contribution in [3.05, 3.63) is 41.0 Å². The van der Waals surface area contributed by atoms with Crippen LogP contribution in [0.4, 0.5) is 0 Å². The van der Waals surface area contributed by atoms with Crippen molar-refractivity contribution in [3.8, 4) is 6.07 Å². The Bertz CT molecular complexity index is 439. The van der Waals surface area contributed by atoms with Gasteiger partial charge in [-0.05, 0) is 30.5 Å². The molecule has 0 radical (unpaired) electrons. The molecule has 96 valence electrons. The number of rotatable bonds is 6. The molecule has 1 aromatic carbocycles. The molecule has 0 amide bonds. The number of nitrogens with zero attached hydrogens (tertiary/aromatic N) is 1. The zero-order valence-corrected chi connectivity index (χ0v) is 11.5. The molecule has 1 rings (SSSR count). The fraction of sp³-hybridized carbons (Fsp3) is 0.438. The van der Waals surface area contributed by atoms with Crippen LogP contribution in [0.1, 0.15) is 38.3 Å². The average molecular weight is 242 g/mol. The molecular formula is C16H22N2. The number of nitrogens with one attached hydrogen (secondary N) is 1. The van der Waals surface area contributed by atoms with E-state index in [1.807, 2.05) is 24.3 Å². The van der Waals surface area contributed by atoms with Crippen LogP contribution >= 0.6 is 0 Å². The van der Waals surface area contributed by atoms with Gasteiger partial charge in [-0.2, -0.15) is 5.26 Å². The SMILES string of the molecule is CCCNC/C(=C/c1ccccc1C#N)C(C)C. The van der Waals surface area contributed by atoms with E-state index < -0.39 is 0 Å². The summed E-state index contributed by atoms with van der Waals surface area (Å²) in [7, 11) is 0. The highest BCUT2D eigenvalue weighted by molar-refractivity contribution is 5.60. The summed E-state index contributed by atoms with van der Waals surface area (Å²) in [5, 5.41) is 12.5. The maximum absolute atomic E-state index is 9.09. The third-order valence-electron chi connectivity index (χ3n) is 2.92. The number of hydrogen-bond acceptors (Lipinski definition) is 2. The monoisotopic (exact) mass is 242 g/mol. The van der Waals surface area contributed by atoms with Gasteiger partial charge < -0.3 is 5.32 Å². The molecule has 0 bridgehead atoms. The Morgan fingerprint density at radius 3 is 2.72 bits per heavy atom. The van der Waals surface area contributed by atoms with Crippen LogP contribution in [0.15, 0.2) is 29.8 Å². The van der Waals surface area contributed by atoms with Crippen LogP contribution in [0.25, 0.3) is 6.08 Å². The van der Waals surface area contributed by atoms with Crippen LogP contribution in [0.5, 0.6) is 0 Å². The maximum Gasteiger partial charge on any atom is 0.0997 e. The van der Waals surface area contributed by atoms with Crippen LogP contribution in [0.2, 0.25) is 0 Å². The molecule has 0 heterocycles. The minimum atomic E-state index is 0.487. The predicted molar refractivity (Wildman–Crippen MR) is 77.1 cm³/mol. The van der Waals surface area contributed by atoms with Gasteiger partial charge in [0, 0.05) is 6.54 Å². The van der Waals surface area contributed by atoms with Crippen LogP contribution < -0.4 is 5.32 Å². The van der Waals surface area contributed by atoms with Gasteiger partial charge in [0.05, 0.1) is 11.6 Å². The zero-order chi connectivity index (χ0) is 13.4. The van der Waals surface area contributed by atoms with E-state index in [-0.39, 0.29) is 0 Å². The molecule has 2 nitrogen and oxygen atoms in total. The zero-order valence-electron chi connectivity index (χ0n) is 11.5. The second kappa shape index (κ2) is 7.68. The molecule has 0 aromatic heterocycles. The Morgan fingerprint density at radius 2 is 2.11 bits per heavy atom. The first-order valence-corrected chi connectivity index (χ1v) is 6.59. The minimum Gasteiger partial charge on any atom is -0.313 e. The van der Waals surface area contributed by atoms with Crippen molar-refractivity contribution >= 4 is 6.08 Å². The molecule has 0 aliphatic heterocycles. The molecule has 1 N–H and O–H groups in total. The van der Waals surface area contributed by atoms with Crippen molar-refractivity contribution in [2.45, 2.75) is 27.2 Å². The molecule has 18 heavy (non-hydrogen) atoms. The Morgan fingerprint density at radius 1 is 1.39 bits per heavy atom. The Hall–Kier alpha value is -1.59. The highest BCUT2D eigenvalue weighted by Crippen LogP contribution is 2.17. The highest BCUT2D eigenvalue weighted by Gasteiger charge is 2.05. The molecule has 0 saturated carbocycles. The normalized spacial score (nSPS) is 11.6. The second-order valence-electron chi connectivity index (χ2n) is 4.75. The molecule has 1 aromatic rings. The summed E-state index contributed by atoms with van der Waals surface area (Å²) in [5.74, 6) is 0.487. The van der Waals surface area contributed by atoms with Gasteiger partial charge in [-0.25, -0.2) is 0 Å². The molecular weight excluding hydrogens is 220 g/mol. The first-order chi connectivity index (χ1) is 8.69. The van der Waals surface area contributed by atoms with Gasteiger partial charge in [0.15, 0.2) is 0 Å². The topological polar surface area (TPSA) is 35.8 Å². The molecule has 2 heteroatoms. The molecule has 0 aliphatic rings. The van der Waals surface area contributed by atoms with Crippen LogP contribution in [0, 0.1) is 17.2 Å². The lowest BCUT2D eigenvalue weighted by molar-refractivity contribution is 0.657. The van der Waals surface area contributed by atoms with Crippen LogP contribution in [0.3, 0.4) is 0 Å². The molecule has 0 atom stereocenters. The highest BCUT2D eigenvalue weighted by atomic mass is 14.8. The Labute approximate surface area is 110 Å². The van der Waals surface area contributed by atoms with E-state index in [9.17, 15) is 0 Å². The smallest absolute Gasteiger partial charge is 0.0997 e. The summed E-state index contributed by atoms with van der Waals surface area (Å²) in [6.07, 6.45) is 3.28. The Balaban J connectivity index is 2.90. The van der Waals surface area contributed by atoms with E-state index in [4.69, 9.17) is 5.26 Å². The average Bonchev–Trinajstić information content (AvgIpc) is 2.38. The molecule has 0 unspecified atom stereocenters. The van der Waals surface area contributed by atoms with Gasteiger partial charge in [0.1, 0.15) is 0 Å². The van der Waals surface area contributed by atoms with Gasteiger partial charge in [-0.3, -0.25) is 0 Å². The minimum absolute atomic E-state index is 0.487. The first-order valence-electron chi connectivity index (χ1n) is 6.59. The van der Waals surface area contributed by atoms with Crippen molar-refractivity contribution in [2.75, 3.05) is 13.1 Å². The van der Waals surface area contributed by atoms with Crippen molar-refractivity contribution in [1.29, 1.82) is 5.26 Å². The van der Waals surface area contributed by atoms with E-state index in [0.717, 1.165) is 30.6 Å². The molecule has 0 spiro atoms. The summed E-state index contributed by atoms with van der Waals surface area (Å²) in [6, 6.07) is 9.99. The lowest BCUT2D eigenvalue weighted by atomic mass is 9.98. The largest absolute Gasteiger partial charge is 0.313 e. The molecule has 0 aliphatic carbocycles. The number of hydrogen-bond donors (Lipinski definition) is 1. The summed E-state index contributed by atoms with van der Waals surface area (Å²) >= 11 is 0. The van der Waals surface area contributed by atoms with E-state index in [1.165, 1.54) is 5.57 Å². The molecule has 0 saturated heterocycles. The fourth-order valence-corrected chi connectivity index (χ4v) is 1.76. The summed E-state index contributed by atoms with van der Waals surface area (Å²) < 4.78 is 0. The lowest BCUT2D eigenvalue weighted by Crippen LogP contribution is -2.20. The van der Waals surface area contributed by atoms with Crippen molar-refractivity contribution < 1.29 is 0 Å². The van der Waals surface area contributed by atoms with Crippen molar-refractivity contribution in [1.82, 2.24) is 5.32 Å². The third kappa shape index (κ3) is 4.35. The predicted octanol–water partition coefficient (Wildman–Crippen LogP) is 3.60. The molecule has 0 fully saturated rings. The maximum atomic E-state index is 9.09. The summed E-state index contributed by atoms with van der Waals surface area (Å²) in [5.41, 5.74) is 3.10.